The van der Waals surface area contributed by atoms with E-state index in [2.05, 4.69) is 4.98 Å². The molecule has 27 heavy (non-hydrogen) atoms. The zero-order chi connectivity index (χ0) is 19.0. The number of benzene rings is 2. The lowest BCUT2D eigenvalue weighted by molar-refractivity contribution is -0.147. The number of hydrogen-bond donors (Lipinski definition) is 2. The van der Waals surface area contributed by atoms with E-state index < -0.39 is 23.1 Å². The molecular formula is C21H14ClNO4. The molecule has 2 heterocycles. The van der Waals surface area contributed by atoms with Gasteiger partial charge < -0.3 is 14.9 Å². The molecule has 0 saturated carbocycles. The number of ether oxygens (including phenoxy) is 1. The molecule has 2 aromatic carbocycles. The Morgan fingerprint density at radius 2 is 1.59 bits per heavy atom. The Morgan fingerprint density at radius 3 is 2.19 bits per heavy atom. The van der Waals surface area contributed by atoms with E-state index in [9.17, 15) is 15.0 Å². The average molecular weight is 380 g/mol. The summed E-state index contributed by atoms with van der Waals surface area (Å²) in [6, 6.07) is 19.2. The third-order valence-electron chi connectivity index (χ3n) is 4.49. The van der Waals surface area contributed by atoms with E-state index in [1.54, 1.807) is 66.9 Å². The van der Waals surface area contributed by atoms with Gasteiger partial charge in [-0.1, -0.05) is 66.2 Å². The number of esters is 1. The van der Waals surface area contributed by atoms with Crippen molar-refractivity contribution in [3.8, 4) is 11.3 Å². The highest BCUT2D eigenvalue weighted by atomic mass is 35.5. The molecule has 1 aromatic heterocycles. The summed E-state index contributed by atoms with van der Waals surface area (Å²) in [6.45, 7) is 0. The number of aromatic nitrogens is 1. The van der Waals surface area contributed by atoms with Gasteiger partial charge in [-0.15, -0.1) is 0 Å². The van der Waals surface area contributed by atoms with Crippen LogP contribution in [0, 0.1) is 0 Å². The van der Waals surface area contributed by atoms with Crippen molar-refractivity contribution >= 4 is 17.6 Å². The van der Waals surface area contributed by atoms with Crippen molar-refractivity contribution in [1.82, 2.24) is 4.98 Å². The Hall–Kier alpha value is -3.31. The average Bonchev–Trinajstić information content (AvgIpc) is 2.94. The van der Waals surface area contributed by atoms with Crippen molar-refractivity contribution in [2.24, 2.45) is 0 Å². The number of nitrogens with zero attached hydrogens (tertiary/aromatic N) is 1. The smallest absolute Gasteiger partial charge is 0.378 e. The van der Waals surface area contributed by atoms with E-state index in [1.165, 1.54) is 0 Å². The number of rotatable bonds is 3. The number of hydrogen-bond acceptors (Lipinski definition) is 5. The van der Waals surface area contributed by atoms with Gasteiger partial charge in [0.05, 0.1) is 5.69 Å². The highest BCUT2D eigenvalue weighted by Gasteiger charge is 2.51. The molecule has 1 aliphatic heterocycles. The zero-order valence-electron chi connectivity index (χ0n) is 14.0. The second-order valence-corrected chi connectivity index (χ2v) is 6.51. The summed E-state index contributed by atoms with van der Waals surface area (Å²) in [5, 5.41) is 21.0. The summed E-state index contributed by atoms with van der Waals surface area (Å²) < 4.78 is 5.46. The molecule has 0 saturated heterocycles. The first-order chi connectivity index (χ1) is 13.0. The van der Waals surface area contributed by atoms with Gasteiger partial charge >= 0.3 is 5.97 Å². The molecule has 4 rings (SSSR count). The largest absolute Gasteiger partial charge is 0.504 e. The van der Waals surface area contributed by atoms with Crippen LogP contribution >= 0.6 is 11.6 Å². The minimum absolute atomic E-state index is 0.495. The second kappa shape index (κ2) is 6.45. The molecular weight excluding hydrogens is 366 g/mol. The van der Waals surface area contributed by atoms with Crippen LogP contribution in [0.15, 0.2) is 84.4 Å². The third-order valence-corrected chi connectivity index (χ3v) is 4.72. The van der Waals surface area contributed by atoms with E-state index in [0.717, 1.165) is 5.56 Å². The number of aliphatic hydroxyl groups is 2. The van der Waals surface area contributed by atoms with Gasteiger partial charge in [-0.2, -0.15) is 0 Å². The summed E-state index contributed by atoms with van der Waals surface area (Å²) in [5.74, 6) is -2.30. The molecule has 1 unspecified atom stereocenters. The highest BCUT2D eigenvalue weighted by Crippen LogP contribution is 2.45. The van der Waals surface area contributed by atoms with Gasteiger partial charge in [0.25, 0.3) is 0 Å². The standard InChI is InChI=1S/C21H14ClNO4/c22-16-10-11-23-17(12-16)13-6-8-15(9-7-13)21(14-4-2-1-3-5-14)19(25)18(24)20(26)27-21/h1-12,24-25H. The minimum atomic E-state index is -1.59. The normalized spacial score (nSPS) is 19.2. The lowest BCUT2D eigenvalue weighted by Crippen LogP contribution is -2.30. The van der Waals surface area contributed by atoms with Crippen molar-refractivity contribution < 1.29 is 19.7 Å². The fourth-order valence-electron chi connectivity index (χ4n) is 3.17. The Bertz CT molecular complexity index is 1050. The molecule has 0 bridgehead atoms. The van der Waals surface area contributed by atoms with Crippen LogP contribution in [-0.4, -0.2) is 21.2 Å². The second-order valence-electron chi connectivity index (χ2n) is 6.07. The first kappa shape index (κ1) is 17.1. The van der Waals surface area contributed by atoms with Gasteiger partial charge in [0.1, 0.15) is 0 Å². The minimum Gasteiger partial charge on any atom is -0.504 e. The van der Waals surface area contributed by atoms with Gasteiger partial charge in [0.2, 0.25) is 11.4 Å². The SMILES string of the molecule is O=C1OC(c2ccccc2)(c2ccc(-c3cc(Cl)ccn3)cc2)C(O)=C1O. The number of aliphatic hydroxyl groups excluding tert-OH is 2. The van der Waals surface area contributed by atoms with Crippen LogP contribution in [0.5, 0.6) is 0 Å². The monoisotopic (exact) mass is 379 g/mol. The molecule has 2 N–H and O–H groups in total. The van der Waals surface area contributed by atoms with Gasteiger partial charge in [-0.05, 0) is 12.1 Å². The first-order valence-electron chi connectivity index (χ1n) is 8.16. The van der Waals surface area contributed by atoms with Crippen LogP contribution in [0.3, 0.4) is 0 Å². The van der Waals surface area contributed by atoms with Crippen LogP contribution < -0.4 is 0 Å². The van der Waals surface area contributed by atoms with E-state index in [4.69, 9.17) is 16.3 Å². The summed E-state index contributed by atoms with van der Waals surface area (Å²) in [5.41, 5.74) is 0.918. The maximum Gasteiger partial charge on any atom is 0.378 e. The van der Waals surface area contributed by atoms with Gasteiger partial charge in [0.15, 0.2) is 5.76 Å². The first-order valence-corrected chi connectivity index (χ1v) is 8.54. The highest BCUT2D eigenvalue weighted by molar-refractivity contribution is 6.30. The topological polar surface area (TPSA) is 79.7 Å². The zero-order valence-corrected chi connectivity index (χ0v) is 14.7. The van der Waals surface area contributed by atoms with E-state index in [-0.39, 0.29) is 0 Å². The molecule has 0 spiro atoms. The van der Waals surface area contributed by atoms with Crippen LogP contribution in [0.25, 0.3) is 11.3 Å². The number of cyclic esters (lactones) is 1. The summed E-state index contributed by atoms with van der Waals surface area (Å²) in [4.78, 5) is 16.2. The predicted octanol–water partition coefficient (Wildman–Crippen LogP) is 4.53. The molecule has 134 valence electrons. The number of pyridine rings is 1. The summed E-state index contributed by atoms with van der Waals surface area (Å²) in [7, 11) is 0. The van der Waals surface area contributed by atoms with Crippen molar-refractivity contribution in [2.45, 2.75) is 5.60 Å². The van der Waals surface area contributed by atoms with Crippen molar-refractivity contribution in [3.63, 3.8) is 0 Å². The molecule has 6 heteroatoms. The fourth-order valence-corrected chi connectivity index (χ4v) is 3.33. The molecule has 0 amide bonds. The molecule has 1 atom stereocenters. The number of carbonyl (C=O) groups is 1. The third kappa shape index (κ3) is 2.73. The maximum absolute atomic E-state index is 12.0. The molecule has 3 aromatic rings. The van der Waals surface area contributed by atoms with Crippen LogP contribution in [0.2, 0.25) is 5.02 Å². The molecule has 0 radical (unpaired) electrons. The van der Waals surface area contributed by atoms with Crippen molar-refractivity contribution in [2.75, 3.05) is 0 Å². The Labute approximate surface area is 160 Å². The molecule has 0 aliphatic carbocycles. The van der Waals surface area contributed by atoms with Crippen LogP contribution in [-0.2, 0) is 15.1 Å². The lowest BCUT2D eigenvalue weighted by Gasteiger charge is -2.29. The Kier molecular flexibility index (Phi) is 4.09. The van der Waals surface area contributed by atoms with Crippen LogP contribution in [0.4, 0.5) is 0 Å². The molecule has 5 nitrogen and oxygen atoms in total. The number of carbonyl (C=O) groups excluding carboxylic acids is 1. The van der Waals surface area contributed by atoms with E-state index in [1.807, 2.05) is 6.07 Å². The Balaban J connectivity index is 1.84. The van der Waals surface area contributed by atoms with Crippen molar-refractivity contribution in [1.29, 1.82) is 0 Å². The Morgan fingerprint density at radius 1 is 0.926 bits per heavy atom. The number of halogens is 1. The maximum atomic E-state index is 12.0. The predicted molar refractivity (Wildman–Crippen MR) is 100 cm³/mol. The van der Waals surface area contributed by atoms with E-state index >= 15 is 0 Å². The quantitative estimate of drug-likeness (QED) is 0.653. The van der Waals surface area contributed by atoms with E-state index in [0.29, 0.717) is 21.8 Å². The van der Waals surface area contributed by atoms with Crippen molar-refractivity contribution in [3.05, 3.63) is 101 Å². The molecule has 1 aliphatic rings. The summed E-state index contributed by atoms with van der Waals surface area (Å²) >= 11 is 6.02. The van der Waals surface area contributed by atoms with Gasteiger partial charge in [-0.25, -0.2) is 4.79 Å². The van der Waals surface area contributed by atoms with Crippen LogP contribution in [0.1, 0.15) is 11.1 Å². The van der Waals surface area contributed by atoms with Gasteiger partial charge in [-0.3, -0.25) is 4.98 Å². The lowest BCUT2D eigenvalue weighted by atomic mass is 9.84. The fraction of sp³-hybridized carbons (Fsp3) is 0.0476. The summed E-state index contributed by atoms with van der Waals surface area (Å²) in [6.07, 6.45) is 1.61. The molecule has 0 fully saturated rings. The van der Waals surface area contributed by atoms with Gasteiger partial charge in [0, 0.05) is 27.9 Å².